The number of benzene rings is 1. The number of hydrogen-bond donors (Lipinski definition) is 1. The molecular weight excluding hydrogens is 215 g/mol. The summed E-state index contributed by atoms with van der Waals surface area (Å²) in [6.45, 7) is 5.05. The Morgan fingerprint density at radius 2 is 2.29 bits per heavy atom. The lowest BCUT2D eigenvalue weighted by Crippen LogP contribution is -2.43. The lowest BCUT2D eigenvalue weighted by Gasteiger charge is -2.32. The molecule has 0 amide bonds. The van der Waals surface area contributed by atoms with Crippen LogP contribution in [0.15, 0.2) is 18.2 Å². The minimum Gasteiger partial charge on any atom is -0.315 e. The van der Waals surface area contributed by atoms with E-state index in [9.17, 15) is 4.39 Å². The molecule has 1 aromatic rings. The zero-order chi connectivity index (χ0) is 12.3. The minimum absolute atomic E-state index is 0.138. The maximum atomic E-state index is 13.2. The van der Waals surface area contributed by atoms with Crippen molar-refractivity contribution in [2.75, 3.05) is 20.1 Å². The SMILES string of the molecule is Cc1ccc(F)cc1CN(C)C1CCCNC1. The molecule has 2 nitrogen and oxygen atoms in total. The molecule has 1 atom stereocenters. The molecule has 94 valence electrons. The maximum absolute atomic E-state index is 13.2. The van der Waals surface area contributed by atoms with Gasteiger partial charge in [0.2, 0.25) is 0 Å². The summed E-state index contributed by atoms with van der Waals surface area (Å²) < 4.78 is 13.2. The first-order valence-corrected chi connectivity index (χ1v) is 6.33. The van der Waals surface area contributed by atoms with Crippen molar-refractivity contribution in [2.24, 2.45) is 0 Å². The van der Waals surface area contributed by atoms with Gasteiger partial charge in [-0.3, -0.25) is 4.90 Å². The van der Waals surface area contributed by atoms with Crippen molar-refractivity contribution < 1.29 is 4.39 Å². The van der Waals surface area contributed by atoms with Crippen LogP contribution >= 0.6 is 0 Å². The van der Waals surface area contributed by atoms with E-state index in [1.54, 1.807) is 6.07 Å². The number of nitrogens with one attached hydrogen (secondary N) is 1. The van der Waals surface area contributed by atoms with E-state index in [0.29, 0.717) is 6.04 Å². The summed E-state index contributed by atoms with van der Waals surface area (Å²) in [6.07, 6.45) is 2.47. The van der Waals surface area contributed by atoms with E-state index in [1.165, 1.54) is 24.5 Å². The van der Waals surface area contributed by atoms with Crippen LogP contribution in [0.3, 0.4) is 0 Å². The number of hydrogen-bond acceptors (Lipinski definition) is 2. The second-order valence-electron chi connectivity index (χ2n) is 4.99. The lowest BCUT2D eigenvalue weighted by atomic mass is 10.0. The van der Waals surface area contributed by atoms with E-state index >= 15 is 0 Å². The fourth-order valence-electron chi connectivity index (χ4n) is 2.42. The number of halogens is 1. The second kappa shape index (κ2) is 5.61. The molecule has 2 rings (SSSR count). The van der Waals surface area contributed by atoms with Crippen LogP contribution in [-0.2, 0) is 6.54 Å². The van der Waals surface area contributed by atoms with E-state index in [2.05, 4.69) is 17.3 Å². The highest BCUT2D eigenvalue weighted by atomic mass is 19.1. The zero-order valence-electron chi connectivity index (χ0n) is 10.7. The van der Waals surface area contributed by atoms with E-state index < -0.39 is 0 Å². The molecule has 0 radical (unpaired) electrons. The highest BCUT2D eigenvalue weighted by Gasteiger charge is 2.18. The number of likely N-dealkylation sites (N-methyl/N-ethyl adjacent to an activating group) is 1. The van der Waals surface area contributed by atoms with E-state index in [-0.39, 0.29) is 5.82 Å². The topological polar surface area (TPSA) is 15.3 Å². The fourth-order valence-corrected chi connectivity index (χ4v) is 2.42. The summed E-state index contributed by atoms with van der Waals surface area (Å²) in [6, 6.07) is 5.62. The Bertz CT molecular complexity index is 372. The van der Waals surface area contributed by atoms with Crippen LogP contribution in [0, 0.1) is 12.7 Å². The first-order valence-electron chi connectivity index (χ1n) is 6.33. The molecule has 0 spiro atoms. The van der Waals surface area contributed by atoms with Gasteiger partial charge in [0.15, 0.2) is 0 Å². The standard InChI is InChI=1S/C14H21FN2/c1-11-5-6-13(15)8-12(11)10-17(2)14-4-3-7-16-9-14/h5-6,8,14,16H,3-4,7,9-10H2,1-2H3. The molecular formula is C14H21FN2. The van der Waals surface area contributed by atoms with Crippen molar-refractivity contribution in [2.45, 2.75) is 32.4 Å². The van der Waals surface area contributed by atoms with Crippen LogP contribution in [0.5, 0.6) is 0 Å². The highest BCUT2D eigenvalue weighted by Crippen LogP contribution is 2.16. The van der Waals surface area contributed by atoms with Gasteiger partial charge in [-0.05, 0) is 56.6 Å². The average molecular weight is 236 g/mol. The molecule has 1 aliphatic rings. The Hall–Kier alpha value is -0.930. The monoisotopic (exact) mass is 236 g/mol. The highest BCUT2D eigenvalue weighted by molar-refractivity contribution is 5.26. The largest absolute Gasteiger partial charge is 0.315 e. The van der Waals surface area contributed by atoms with Crippen molar-refractivity contribution in [1.29, 1.82) is 0 Å². The van der Waals surface area contributed by atoms with Gasteiger partial charge in [0.1, 0.15) is 5.82 Å². The summed E-state index contributed by atoms with van der Waals surface area (Å²) in [5, 5.41) is 3.41. The Labute approximate surface area is 103 Å². The van der Waals surface area contributed by atoms with Crippen LogP contribution < -0.4 is 5.32 Å². The van der Waals surface area contributed by atoms with Crippen LogP contribution in [0.4, 0.5) is 4.39 Å². The van der Waals surface area contributed by atoms with Crippen LogP contribution in [-0.4, -0.2) is 31.1 Å². The van der Waals surface area contributed by atoms with Crippen LogP contribution in [0.2, 0.25) is 0 Å². The number of nitrogens with zero attached hydrogens (tertiary/aromatic N) is 1. The van der Waals surface area contributed by atoms with Crippen molar-refractivity contribution >= 4 is 0 Å². The third-order valence-electron chi connectivity index (χ3n) is 3.63. The molecule has 1 aromatic carbocycles. The Kier molecular flexibility index (Phi) is 4.13. The second-order valence-corrected chi connectivity index (χ2v) is 4.99. The molecule has 0 bridgehead atoms. The third-order valence-corrected chi connectivity index (χ3v) is 3.63. The Balaban J connectivity index is 2.01. The van der Waals surface area contributed by atoms with Gasteiger partial charge in [-0.15, -0.1) is 0 Å². The summed E-state index contributed by atoms with van der Waals surface area (Å²) in [4.78, 5) is 2.33. The Morgan fingerprint density at radius 1 is 1.47 bits per heavy atom. The van der Waals surface area contributed by atoms with Crippen molar-refractivity contribution in [3.05, 3.63) is 35.1 Å². The van der Waals surface area contributed by atoms with Gasteiger partial charge >= 0.3 is 0 Å². The fraction of sp³-hybridized carbons (Fsp3) is 0.571. The molecule has 3 heteroatoms. The number of piperidine rings is 1. The first kappa shape index (κ1) is 12.5. The Morgan fingerprint density at radius 3 is 3.00 bits per heavy atom. The van der Waals surface area contributed by atoms with Crippen molar-refractivity contribution in [1.82, 2.24) is 10.2 Å². The summed E-state index contributed by atoms with van der Waals surface area (Å²) in [5.41, 5.74) is 2.26. The summed E-state index contributed by atoms with van der Waals surface area (Å²) in [7, 11) is 2.13. The molecule has 1 aliphatic heterocycles. The van der Waals surface area contributed by atoms with E-state index in [0.717, 1.165) is 25.2 Å². The maximum Gasteiger partial charge on any atom is 0.123 e. The van der Waals surface area contributed by atoms with E-state index in [4.69, 9.17) is 0 Å². The zero-order valence-corrected chi connectivity index (χ0v) is 10.7. The van der Waals surface area contributed by atoms with Gasteiger partial charge in [0.25, 0.3) is 0 Å². The average Bonchev–Trinajstić information content (AvgIpc) is 2.35. The normalized spacial score (nSPS) is 20.8. The van der Waals surface area contributed by atoms with Crippen molar-refractivity contribution in [3.63, 3.8) is 0 Å². The van der Waals surface area contributed by atoms with Gasteiger partial charge in [-0.2, -0.15) is 0 Å². The molecule has 0 saturated carbocycles. The van der Waals surface area contributed by atoms with Gasteiger partial charge < -0.3 is 5.32 Å². The van der Waals surface area contributed by atoms with E-state index in [1.807, 2.05) is 13.0 Å². The molecule has 1 fully saturated rings. The van der Waals surface area contributed by atoms with Crippen LogP contribution in [0.25, 0.3) is 0 Å². The molecule has 1 N–H and O–H groups in total. The molecule has 1 unspecified atom stereocenters. The predicted octanol–water partition coefficient (Wildman–Crippen LogP) is 2.32. The van der Waals surface area contributed by atoms with Gasteiger partial charge in [-0.1, -0.05) is 6.07 Å². The molecule has 1 heterocycles. The predicted molar refractivity (Wildman–Crippen MR) is 68.5 cm³/mol. The molecule has 1 saturated heterocycles. The molecule has 0 aromatic heterocycles. The molecule has 0 aliphatic carbocycles. The quantitative estimate of drug-likeness (QED) is 0.866. The van der Waals surface area contributed by atoms with Gasteiger partial charge in [-0.25, -0.2) is 4.39 Å². The lowest BCUT2D eigenvalue weighted by molar-refractivity contribution is 0.195. The smallest absolute Gasteiger partial charge is 0.123 e. The van der Waals surface area contributed by atoms with Crippen molar-refractivity contribution in [3.8, 4) is 0 Å². The third kappa shape index (κ3) is 3.27. The van der Waals surface area contributed by atoms with Crippen LogP contribution in [0.1, 0.15) is 24.0 Å². The first-order chi connectivity index (χ1) is 8.16. The van der Waals surface area contributed by atoms with Gasteiger partial charge in [0.05, 0.1) is 0 Å². The summed E-state index contributed by atoms with van der Waals surface area (Å²) in [5.74, 6) is -0.138. The minimum atomic E-state index is -0.138. The number of rotatable bonds is 3. The number of aryl methyl sites for hydroxylation is 1. The van der Waals surface area contributed by atoms with Gasteiger partial charge in [0, 0.05) is 19.1 Å². The molecule has 17 heavy (non-hydrogen) atoms. The summed E-state index contributed by atoms with van der Waals surface area (Å²) >= 11 is 0.